The Balaban J connectivity index is 1.89. The number of nitrogens with zero attached hydrogens (tertiary/aromatic N) is 1. The van der Waals surface area contributed by atoms with Crippen molar-refractivity contribution in [2.75, 3.05) is 19.6 Å². The lowest BCUT2D eigenvalue weighted by Crippen LogP contribution is -2.64. The summed E-state index contributed by atoms with van der Waals surface area (Å²) in [7, 11) is 0. The molecule has 0 unspecified atom stereocenters. The molecule has 4 nitrogen and oxygen atoms in total. The largest absolute Gasteiger partial charge is 0.373 e. The van der Waals surface area contributed by atoms with Crippen LogP contribution in [0.2, 0.25) is 0 Å². The van der Waals surface area contributed by atoms with Gasteiger partial charge >= 0.3 is 0 Å². The first-order valence-corrected chi connectivity index (χ1v) is 9.16. The molecular weight excluding hydrogens is 300 g/mol. The first-order valence-electron chi connectivity index (χ1n) is 9.16. The van der Waals surface area contributed by atoms with Gasteiger partial charge in [0.25, 0.3) is 0 Å². The normalized spacial score (nSPS) is 26.4. The number of hydrogen-bond acceptors (Lipinski definition) is 3. The first-order chi connectivity index (χ1) is 11.4. The second-order valence-electron chi connectivity index (χ2n) is 7.92. The monoisotopic (exact) mass is 330 g/mol. The molecule has 2 aliphatic rings. The smallest absolute Gasteiger partial charge is 0.241 e. The molecule has 2 atom stereocenters. The van der Waals surface area contributed by atoms with Crippen molar-refractivity contribution < 1.29 is 9.53 Å². The van der Waals surface area contributed by atoms with Crippen LogP contribution in [0.25, 0.3) is 0 Å². The third-order valence-electron chi connectivity index (χ3n) is 5.20. The fourth-order valence-corrected chi connectivity index (χ4v) is 4.11. The summed E-state index contributed by atoms with van der Waals surface area (Å²) in [6.07, 6.45) is 1.92. The van der Waals surface area contributed by atoms with Crippen LogP contribution in [0.4, 0.5) is 0 Å². The van der Waals surface area contributed by atoms with Crippen LogP contribution in [0.5, 0.6) is 0 Å². The van der Waals surface area contributed by atoms with Gasteiger partial charge in [-0.1, -0.05) is 38.1 Å². The Morgan fingerprint density at radius 2 is 1.75 bits per heavy atom. The lowest BCUT2D eigenvalue weighted by atomic mass is 9.90. The van der Waals surface area contributed by atoms with Crippen LogP contribution in [0.1, 0.15) is 38.8 Å². The van der Waals surface area contributed by atoms with Crippen LogP contribution >= 0.6 is 0 Å². The summed E-state index contributed by atoms with van der Waals surface area (Å²) in [5.74, 6) is 0.631. The Morgan fingerprint density at radius 3 is 2.25 bits per heavy atom. The highest BCUT2D eigenvalue weighted by Gasteiger charge is 2.49. The van der Waals surface area contributed by atoms with Gasteiger partial charge in [0, 0.05) is 32.5 Å². The van der Waals surface area contributed by atoms with Gasteiger partial charge in [0.05, 0.1) is 12.2 Å². The van der Waals surface area contributed by atoms with Crippen molar-refractivity contribution in [1.29, 1.82) is 0 Å². The highest BCUT2D eigenvalue weighted by molar-refractivity contribution is 5.88. The van der Waals surface area contributed by atoms with Gasteiger partial charge in [0.1, 0.15) is 5.54 Å². The summed E-state index contributed by atoms with van der Waals surface area (Å²) in [6.45, 7) is 10.8. The average molecular weight is 330 g/mol. The number of carbonyl (C=O) groups excluding carboxylic acids is 1. The molecule has 1 aromatic carbocycles. The molecular formula is C20H30N2O2. The van der Waals surface area contributed by atoms with Gasteiger partial charge in [-0.15, -0.1) is 0 Å². The van der Waals surface area contributed by atoms with Gasteiger partial charge in [-0.2, -0.15) is 0 Å². The van der Waals surface area contributed by atoms with E-state index in [0.717, 1.165) is 32.5 Å². The number of nitrogens with one attached hydrogen (secondary N) is 1. The number of ether oxygens (including phenoxy) is 1. The van der Waals surface area contributed by atoms with E-state index in [0.29, 0.717) is 5.92 Å². The van der Waals surface area contributed by atoms with Gasteiger partial charge in [-0.25, -0.2) is 0 Å². The summed E-state index contributed by atoms with van der Waals surface area (Å²) in [4.78, 5) is 15.6. The second-order valence-corrected chi connectivity index (χ2v) is 7.92. The second kappa shape index (κ2) is 6.85. The molecule has 24 heavy (non-hydrogen) atoms. The third kappa shape index (κ3) is 3.35. The summed E-state index contributed by atoms with van der Waals surface area (Å²) in [5, 5.41) is 3.21. The van der Waals surface area contributed by atoms with E-state index in [1.54, 1.807) is 0 Å². The summed E-state index contributed by atoms with van der Waals surface area (Å²) < 4.78 is 5.90. The predicted octanol–water partition coefficient (Wildman–Crippen LogP) is 2.41. The van der Waals surface area contributed by atoms with Gasteiger partial charge in [-0.05, 0) is 30.9 Å². The highest BCUT2D eigenvalue weighted by atomic mass is 16.5. The Labute approximate surface area is 145 Å². The molecule has 1 aromatic rings. The molecule has 1 amide bonds. The molecule has 1 saturated heterocycles. The zero-order valence-corrected chi connectivity index (χ0v) is 15.3. The molecule has 132 valence electrons. The molecule has 0 bridgehead atoms. The van der Waals surface area contributed by atoms with E-state index < -0.39 is 5.54 Å². The number of carbonyl (C=O) groups is 1. The molecule has 0 spiro atoms. The number of rotatable bonds is 4. The molecule has 1 N–H and O–H groups in total. The molecule has 1 aliphatic carbocycles. The van der Waals surface area contributed by atoms with E-state index in [-0.39, 0.29) is 18.1 Å². The van der Waals surface area contributed by atoms with Crippen molar-refractivity contribution in [3.05, 3.63) is 35.4 Å². The highest BCUT2D eigenvalue weighted by Crippen LogP contribution is 2.36. The van der Waals surface area contributed by atoms with Gasteiger partial charge in [-0.3, -0.25) is 9.69 Å². The Bertz CT molecular complexity index is 564. The Hall–Kier alpha value is -1.39. The fraction of sp³-hybridized carbons (Fsp3) is 0.650. The van der Waals surface area contributed by atoms with Crippen LogP contribution in [-0.2, 0) is 22.4 Å². The Morgan fingerprint density at radius 1 is 1.21 bits per heavy atom. The van der Waals surface area contributed by atoms with Crippen molar-refractivity contribution in [1.82, 2.24) is 10.2 Å². The minimum Gasteiger partial charge on any atom is -0.373 e. The topological polar surface area (TPSA) is 41.6 Å². The number of benzene rings is 1. The van der Waals surface area contributed by atoms with E-state index >= 15 is 0 Å². The number of fused-ring (bicyclic) bond motifs is 1. The van der Waals surface area contributed by atoms with Crippen LogP contribution in [0, 0.1) is 5.92 Å². The molecule has 0 saturated carbocycles. The minimum atomic E-state index is -0.467. The fourth-order valence-electron chi connectivity index (χ4n) is 4.11. The van der Waals surface area contributed by atoms with E-state index in [4.69, 9.17) is 4.74 Å². The van der Waals surface area contributed by atoms with E-state index in [2.05, 4.69) is 62.2 Å². The third-order valence-corrected chi connectivity index (χ3v) is 5.20. The molecule has 1 aliphatic heterocycles. The molecule has 4 heteroatoms. The van der Waals surface area contributed by atoms with Crippen molar-refractivity contribution in [2.45, 2.75) is 58.3 Å². The summed E-state index contributed by atoms with van der Waals surface area (Å²) >= 11 is 0. The van der Waals surface area contributed by atoms with Crippen molar-refractivity contribution in [2.24, 2.45) is 5.92 Å². The SMILES string of the molecule is CC(C)CNC(=O)C1(N2C[C@@H](C)O[C@@H](C)C2)Cc2ccccc2C1. The Kier molecular flexibility index (Phi) is 4.97. The van der Waals surface area contributed by atoms with Gasteiger partial charge < -0.3 is 10.1 Å². The lowest BCUT2D eigenvalue weighted by Gasteiger charge is -2.45. The zero-order valence-electron chi connectivity index (χ0n) is 15.3. The molecule has 1 fully saturated rings. The maximum Gasteiger partial charge on any atom is 0.241 e. The molecule has 3 rings (SSSR count). The maximum atomic E-state index is 13.3. The van der Waals surface area contributed by atoms with Crippen molar-refractivity contribution in [3.63, 3.8) is 0 Å². The minimum absolute atomic E-state index is 0.159. The van der Waals surface area contributed by atoms with Crippen molar-refractivity contribution in [3.8, 4) is 0 Å². The van der Waals surface area contributed by atoms with E-state index in [9.17, 15) is 4.79 Å². The average Bonchev–Trinajstić information content (AvgIpc) is 2.92. The van der Waals surface area contributed by atoms with Crippen molar-refractivity contribution >= 4 is 5.91 Å². The van der Waals surface area contributed by atoms with E-state index in [1.807, 2.05) is 0 Å². The van der Waals surface area contributed by atoms with Crippen LogP contribution in [0.15, 0.2) is 24.3 Å². The van der Waals surface area contributed by atoms with E-state index in [1.165, 1.54) is 11.1 Å². The van der Waals surface area contributed by atoms with Gasteiger partial charge in [0.2, 0.25) is 5.91 Å². The van der Waals surface area contributed by atoms with Crippen LogP contribution < -0.4 is 5.32 Å². The molecule has 0 aromatic heterocycles. The summed E-state index contributed by atoms with van der Waals surface area (Å²) in [6, 6.07) is 8.48. The predicted molar refractivity (Wildman–Crippen MR) is 96.0 cm³/mol. The van der Waals surface area contributed by atoms with Gasteiger partial charge in [0.15, 0.2) is 0 Å². The quantitative estimate of drug-likeness (QED) is 0.922. The standard InChI is InChI=1S/C20H30N2O2/c1-14(2)11-21-19(23)20(22-12-15(3)24-16(4)13-22)9-17-7-5-6-8-18(17)10-20/h5-8,14-16H,9-13H2,1-4H3,(H,21,23)/t15-,16+. The maximum absolute atomic E-state index is 13.3. The lowest BCUT2D eigenvalue weighted by molar-refractivity contribution is -0.144. The molecule has 0 radical (unpaired) electrons. The van der Waals surface area contributed by atoms with Crippen LogP contribution in [-0.4, -0.2) is 48.2 Å². The van der Waals surface area contributed by atoms with Crippen LogP contribution in [0.3, 0.4) is 0 Å². The number of amides is 1. The first kappa shape index (κ1) is 17.4. The summed E-state index contributed by atoms with van der Waals surface area (Å²) in [5.41, 5.74) is 2.15. The number of hydrogen-bond donors (Lipinski definition) is 1. The zero-order chi connectivity index (χ0) is 17.3. The molecule has 1 heterocycles. The number of morpholine rings is 1.